The Morgan fingerprint density at radius 2 is 2.00 bits per heavy atom. The molecule has 0 amide bonds. The third-order valence-electron chi connectivity index (χ3n) is 2.49. The molecule has 0 fully saturated rings. The zero-order valence-corrected chi connectivity index (χ0v) is 9.84. The number of aryl methyl sites for hydroxylation is 2. The van der Waals surface area contributed by atoms with E-state index in [1.165, 1.54) is 21.9 Å². The second-order valence-corrected chi connectivity index (χ2v) is 4.37. The minimum atomic E-state index is 1.03. The molecule has 0 saturated carbocycles. The van der Waals surface area contributed by atoms with E-state index in [0.29, 0.717) is 0 Å². The van der Waals surface area contributed by atoms with Gasteiger partial charge in [0.15, 0.2) is 0 Å². The van der Waals surface area contributed by atoms with Gasteiger partial charge in [-0.15, -0.1) is 0 Å². The Hall–Kier alpha value is -0.820. The number of rotatable bonds is 2. The van der Waals surface area contributed by atoms with Gasteiger partial charge in [0.05, 0.1) is 0 Å². The average molecular weight is 249 g/mol. The van der Waals surface area contributed by atoms with Crippen LogP contribution in [0.1, 0.15) is 11.1 Å². The van der Waals surface area contributed by atoms with Gasteiger partial charge in [0.25, 0.3) is 0 Å². The van der Waals surface area contributed by atoms with E-state index in [-0.39, 0.29) is 0 Å². The lowest BCUT2D eigenvalue weighted by Gasteiger charge is -2.05. The van der Waals surface area contributed by atoms with Gasteiger partial charge in [-0.3, -0.25) is 0 Å². The van der Waals surface area contributed by atoms with Crippen molar-refractivity contribution in [2.45, 2.75) is 13.3 Å². The van der Waals surface area contributed by atoms with Crippen LogP contribution in [0.2, 0.25) is 0 Å². The van der Waals surface area contributed by atoms with Gasteiger partial charge in [-0.1, -0.05) is 57.9 Å². The lowest BCUT2D eigenvalue weighted by atomic mass is 10.0. The second-order valence-electron chi connectivity index (χ2n) is 3.58. The first kappa shape index (κ1) is 9.72. The molecule has 0 atom stereocenters. The Labute approximate surface area is 93.1 Å². The van der Waals surface area contributed by atoms with Crippen LogP contribution in [0.15, 0.2) is 36.4 Å². The summed E-state index contributed by atoms with van der Waals surface area (Å²) in [7, 11) is 0. The van der Waals surface area contributed by atoms with Gasteiger partial charge in [0.1, 0.15) is 0 Å². The molecule has 0 bridgehead atoms. The lowest BCUT2D eigenvalue weighted by Crippen LogP contribution is -1.87. The maximum atomic E-state index is 3.49. The van der Waals surface area contributed by atoms with E-state index >= 15 is 0 Å². The molecule has 72 valence electrons. The van der Waals surface area contributed by atoms with Crippen molar-refractivity contribution in [2.75, 3.05) is 5.33 Å². The second kappa shape index (κ2) is 4.14. The molecule has 0 aromatic heterocycles. The molecular formula is C13H13Br. The van der Waals surface area contributed by atoms with Gasteiger partial charge in [0.2, 0.25) is 0 Å². The molecule has 1 heteroatoms. The average Bonchev–Trinajstić information content (AvgIpc) is 2.18. The Morgan fingerprint density at radius 3 is 2.79 bits per heavy atom. The van der Waals surface area contributed by atoms with Crippen molar-refractivity contribution < 1.29 is 0 Å². The molecule has 0 aliphatic rings. The van der Waals surface area contributed by atoms with Crippen LogP contribution in [0.3, 0.4) is 0 Å². The first-order chi connectivity index (χ1) is 6.81. The molecule has 0 N–H and O–H groups in total. The van der Waals surface area contributed by atoms with Gasteiger partial charge in [-0.05, 0) is 29.7 Å². The van der Waals surface area contributed by atoms with Gasteiger partial charge in [-0.25, -0.2) is 0 Å². The molecule has 0 unspecified atom stereocenters. The van der Waals surface area contributed by atoms with Gasteiger partial charge in [0, 0.05) is 5.33 Å². The largest absolute Gasteiger partial charge is 0.0924 e. The van der Waals surface area contributed by atoms with Crippen molar-refractivity contribution in [1.29, 1.82) is 0 Å². The van der Waals surface area contributed by atoms with Gasteiger partial charge >= 0.3 is 0 Å². The van der Waals surface area contributed by atoms with E-state index in [9.17, 15) is 0 Å². The Bertz CT molecular complexity index is 446. The third-order valence-corrected chi connectivity index (χ3v) is 2.89. The van der Waals surface area contributed by atoms with Crippen LogP contribution in [0.5, 0.6) is 0 Å². The van der Waals surface area contributed by atoms with Crippen molar-refractivity contribution in [3.05, 3.63) is 47.5 Å². The van der Waals surface area contributed by atoms with Crippen LogP contribution < -0.4 is 0 Å². The van der Waals surface area contributed by atoms with Crippen LogP contribution in [0.4, 0.5) is 0 Å². The highest BCUT2D eigenvalue weighted by Gasteiger charge is 1.99. The van der Waals surface area contributed by atoms with Crippen molar-refractivity contribution in [3.63, 3.8) is 0 Å². The molecule has 2 aromatic rings. The quantitative estimate of drug-likeness (QED) is 0.703. The van der Waals surface area contributed by atoms with Crippen LogP contribution in [-0.4, -0.2) is 5.33 Å². The summed E-state index contributed by atoms with van der Waals surface area (Å²) < 4.78 is 0. The minimum Gasteiger partial charge on any atom is -0.0924 e. The zero-order chi connectivity index (χ0) is 9.97. The summed E-state index contributed by atoms with van der Waals surface area (Å²) in [5, 5.41) is 3.76. The van der Waals surface area contributed by atoms with Crippen LogP contribution in [0.25, 0.3) is 10.8 Å². The smallest absolute Gasteiger partial charge is 0.00720 e. The normalized spacial score (nSPS) is 10.7. The van der Waals surface area contributed by atoms with E-state index in [4.69, 9.17) is 0 Å². The predicted molar refractivity (Wildman–Crippen MR) is 66.2 cm³/mol. The van der Waals surface area contributed by atoms with Gasteiger partial charge in [-0.2, -0.15) is 0 Å². The molecule has 0 heterocycles. The molecule has 0 aliphatic carbocycles. The number of hydrogen-bond acceptors (Lipinski definition) is 0. The molecule has 0 aliphatic heterocycles. The molecule has 2 aromatic carbocycles. The summed E-state index contributed by atoms with van der Waals surface area (Å²) in [5.41, 5.74) is 2.76. The first-order valence-corrected chi connectivity index (χ1v) is 5.97. The molecule has 0 nitrogen and oxygen atoms in total. The van der Waals surface area contributed by atoms with Crippen LogP contribution >= 0.6 is 15.9 Å². The number of fused-ring (bicyclic) bond motifs is 1. The Balaban J connectivity index is 2.62. The SMILES string of the molecule is Cc1ccc2c(CCBr)cccc2c1. The van der Waals surface area contributed by atoms with Crippen molar-refractivity contribution in [1.82, 2.24) is 0 Å². The maximum absolute atomic E-state index is 3.49. The highest BCUT2D eigenvalue weighted by Crippen LogP contribution is 2.20. The number of alkyl halides is 1. The lowest BCUT2D eigenvalue weighted by molar-refractivity contribution is 1.19. The summed E-state index contributed by atoms with van der Waals surface area (Å²) in [4.78, 5) is 0. The van der Waals surface area contributed by atoms with E-state index in [2.05, 4.69) is 59.3 Å². The first-order valence-electron chi connectivity index (χ1n) is 4.85. The Morgan fingerprint density at radius 1 is 1.14 bits per heavy atom. The topological polar surface area (TPSA) is 0 Å². The number of benzene rings is 2. The summed E-state index contributed by atoms with van der Waals surface area (Å²) in [6, 6.07) is 13.2. The predicted octanol–water partition coefficient (Wildman–Crippen LogP) is 4.09. The summed E-state index contributed by atoms with van der Waals surface area (Å²) in [5.74, 6) is 0. The standard InChI is InChI=1S/C13H13Br/c1-10-5-6-13-11(7-8-14)3-2-4-12(13)9-10/h2-6,9H,7-8H2,1H3. The summed E-state index contributed by atoms with van der Waals surface area (Å²) in [6.07, 6.45) is 1.10. The number of halogens is 1. The van der Waals surface area contributed by atoms with E-state index in [1.54, 1.807) is 0 Å². The van der Waals surface area contributed by atoms with Crippen LogP contribution in [0, 0.1) is 6.92 Å². The number of hydrogen-bond donors (Lipinski definition) is 0. The summed E-state index contributed by atoms with van der Waals surface area (Å²) >= 11 is 3.49. The molecule has 0 saturated heterocycles. The molecule has 14 heavy (non-hydrogen) atoms. The van der Waals surface area contributed by atoms with Crippen molar-refractivity contribution >= 4 is 26.7 Å². The monoisotopic (exact) mass is 248 g/mol. The Kier molecular flexibility index (Phi) is 2.87. The zero-order valence-electron chi connectivity index (χ0n) is 8.26. The van der Waals surface area contributed by atoms with E-state index in [0.717, 1.165) is 11.8 Å². The molecule has 0 spiro atoms. The highest BCUT2D eigenvalue weighted by atomic mass is 79.9. The highest BCUT2D eigenvalue weighted by molar-refractivity contribution is 9.09. The van der Waals surface area contributed by atoms with E-state index < -0.39 is 0 Å². The fourth-order valence-corrected chi connectivity index (χ4v) is 2.22. The maximum Gasteiger partial charge on any atom is 0.00720 e. The van der Waals surface area contributed by atoms with Crippen molar-refractivity contribution in [2.24, 2.45) is 0 Å². The minimum absolute atomic E-state index is 1.03. The third kappa shape index (κ3) is 1.83. The fourth-order valence-electron chi connectivity index (χ4n) is 1.79. The van der Waals surface area contributed by atoms with Crippen LogP contribution in [-0.2, 0) is 6.42 Å². The summed E-state index contributed by atoms with van der Waals surface area (Å²) in [6.45, 7) is 2.14. The van der Waals surface area contributed by atoms with Crippen molar-refractivity contribution in [3.8, 4) is 0 Å². The fraction of sp³-hybridized carbons (Fsp3) is 0.231. The van der Waals surface area contributed by atoms with Gasteiger partial charge < -0.3 is 0 Å². The molecular weight excluding hydrogens is 236 g/mol. The molecule has 2 rings (SSSR count). The van der Waals surface area contributed by atoms with E-state index in [1.807, 2.05) is 0 Å². The molecule has 0 radical (unpaired) electrons.